The van der Waals surface area contributed by atoms with Crippen LogP contribution in [-0.4, -0.2) is 18.5 Å². The Morgan fingerprint density at radius 3 is 2.48 bits per heavy atom. The summed E-state index contributed by atoms with van der Waals surface area (Å²) in [5, 5.41) is 0. The third-order valence-corrected chi connectivity index (χ3v) is 3.30. The molecule has 0 radical (unpaired) electrons. The number of hydrogen-bond acceptors (Lipinski definition) is 4. The van der Waals surface area contributed by atoms with Crippen molar-refractivity contribution in [1.29, 1.82) is 0 Å². The molecule has 0 fully saturated rings. The molecule has 0 atom stereocenters. The van der Waals surface area contributed by atoms with Crippen LogP contribution in [0.15, 0.2) is 28.7 Å². The molecule has 0 spiro atoms. The lowest BCUT2D eigenvalue weighted by Gasteiger charge is -2.06. The van der Waals surface area contributed by atoms with E-state index in [1.807, 2.05) is 31.2 Å². The monoisotopic (exact) mass is 356 g/mol. The van der Waals surface area contributed by atoms with Crippen molar-refractivity contribution < 1.29 is 19.1 Å². The Kier molecular flexibility index (Phi) is 8.74. The van der Waals surface area contributed by atoms with Crippen LogP contribution in [0.5, 0.6) is 0 Å². The second kappa shape index (κ2) is 10.4. The van der Waals surface area contributed by atoms with Gasteiger partial charge in [-0.2, -0.15) is 0 Å². The van der Waals surface area contributed by atoms with Crippen molar-refractivity contribution in [3.05, 3.63) is 34.3 Å². The van der Waals surface area contributed by atoms with Crippen LogP contribution in [0.25, 0.3) is 0 Å². The first kappa shape index (κ1) is 17.7. The highest BCUT2D eigenvalue weighted by molar-refractivity contribution is 9.10. The molecule has 21 heavy (non-hydrogen) atoms. The number of benzene rings is 1. The van der Waals surface area contributed by atoms with E-state index in [9.17, 15) is 9.59 Å². The van der Waals surface area contributed by atoms with Gasteiger partial charge >= 0.3 is 11.9 Å². The summed E-state index contributed by atoms with van der Waals surface area (Å²) in [6.45, 7) is 2.75. The number of unbranched alkanes of at least 4 members (excludes halogenated alkanes) is 1. The highest BCUT2D eigenvalue weighted by Crippen LogP contribution is 2.12. The van der Waals surface area contributed by atoms with Crippen LogP contribution in [0, 0.1) is 0 Å². The Labute approximate surface area is 133 Å². The summed E-state index contributed by atoms with van der Waals surface area (Å²) in [6.07, 6.45) is 2.82. The molecule has 0 unspecified atom stereocenters. The van der Waals surface area contributed by atoms with Gasteiger partial charge in [0.05, 0.1) is 6.61 Å². The number of carbonyl (C=O) groups excluding carboxylic acids is 2. The molecular weight excluding hydrogens is 336 g/mol. The number of halogens is 1. The second-order valence-electron chi connectivity index (χ2n) is 4.72. The highest BCUT2D eigenvalue weighted by Gasteiger charge is 2.07. The molecule has 1 aromatic carbocycles. The molecule has 0 saturated carbocycles. The van der Waals surface area contributed by atoms with Gasteiger partial charge in [-0.05, 0) is 30.5 Å². The third kappa shape index (κ3) is 8.50. The molecule has 116 valence electrons. The van der Waals surface area contributed by atoms with Crippen LogP contribution in [0.3, 0.4) is 0 Å². The quantitative estimate of drug-likeness (QED) is 0.495. The van der Waals surface area contributed by atoms with Crippen molar-refractivity contribution in [3.8, 4) is 0 Å². The summed E-state index contributed by atoms with van der Waals surface area (Å²) in [5.74, 6) is -0.542. The molecule has 0 heterocycles. The maximum absolute atomic E-state index is 11.6. The minimum Gasteiger partial charge on any atom is -0.466 e. The van der Waals surface area contributed by atoms with E-state index in [0.29, 0.717) is 13.0 Å². The number of esters is 2. The molecule has 0 aliphatic rings. The van der Waals surface area contributed by atoms with Crippen molar-refractivity contribution in [2.45, 2.75) is 45.6 Å². The Balaban J connectivity index is 2.12. The zero-order valence-corrected chi connectivity index (χ0v) is 13.9. The lowest BCUT2D eigenvalue weighted by molar-refractivity contribution is -0.146. The minimum absolute atomic E-state index is 0.233. The lowest BCUT2D eigenvalue weighted by Crippen LogP contribution is -2.08. The van der Waals surface area contributed by atoms with E-state index < -0.39 is 0 Å². The Morgan fingerprint density at radius 1 is 1.10 bits per heavy atom. The molecule has 5 heteroatoms. The minimum atomic E-state index is -0.295. The Hall–Kier alpha value is -1.36. The zero-order chi connectivity index (χ0) is 15.5. The van der Waals surface area contributed by atoms with E-state index in [4.69, 9.17) is 9.47 Å². The van der Waals surface area contributed by atoms with Crippen LogP contribution in [0.2, 0.25) is 0 Å². The summed E-state index contributed by atoms with van der Waals surface area (Å²) >= 11 is 3.36. The molecule has 0 saturated heterocycles. The van der Waals surface area contributed by atoms with Gasteiger partial charge in [-0.15, -0.1) is 0 Å². The summed E-state index contributed by atoms with van der Waals surface area (Å²) in [5.41, 5.74) is 0.928. The van der Waals surface area contributed by atoms with Crippen LogP contribution in [0.1, 0.15) is 44.6 Å². The first-order chi connectivity index (χ1) is 10.1. The van der Waals surface area contributed by atoms with Gasteiger partial charge < -0.3 is 9.47 Å². The highest BCUT2D eigenvalue weighted by atomic mass is 79.9. The number of ether oxygens (including phenoxy) is 2. The third-order valence-electron chi connectivity index (χ3n) is 2.81. The summed E-state index contributed by atoms with van der Waals surface area (Å²) < 4.78 is 11.1. The van der Waals surface area contributed by atoms with E-state index in [-0.39, 0.29) is 31.4 Å². The standard InChI is InChI=1S/C16H21BrO4/c1-2-3-10-20-15(18)8-5-9-16(19)21-12-13-6-4-7-14(17)11-13/h4,6-7,11H,2-3,5,8-10,12H2,1H3. The van der Waals surface area contributed by atoms with Crippen molar-refractivity contribution in [2.24, 2.45) is 0 Å². The van der Waals surface area contributed by atoms with Gasteiger partial charge in [-0.1, -0.05) is 41.4 Å². The van der Waals surface area contributed by atoms with Gasteiger partial charge in [0.1, 0.15) is 6.61 Å². The molecule has 4 nitrogen and oxygen atoms in total. The van der Waals surface area contributed by atoms with E-state index in [2.05, 4.69) is 15.9 Å². The number of carbonyl (C=O) groups is 2. The number of hydrogen-bond donors (Lipinski definition) is 0. The predicted molar refractivity (Wildman–Crippen MR) is 83.7 cm³/mol. The molecule has 1 aromatic rings. The first-order valence-electron chi connectivity index (χ1n) is 7.17. The van der Waals surface area contributed by atoms with Crippen LogP contribution in [-0.2, 0) is 25.7 Å². The molecule has 1 rings (SSSR count). The summed E-state index contributed by atoms with van der Waals surface area (Å²) in [4.78, 5) is 22.9. The van der Waals surface area contributed by atoms with Gasteiger partial charge in [0, 0.05) is 17.3 Å². The topological polar surface area (TPSA) is 52.6 Å². The molecule has 0 aromatic heterocycles. The van der Waals surface area contributed by atoms with Gasteiger partial charge in [-0.3, -0.25) is 9.59 Å². The van der Waals surface area contributed by atoms with Crippen molar-refractivity contribution in [3.63, 3.8) is 0 Å². The van der Waals surface area contributed by atoms with Crippen molar-refractivity contribution in [1.82, 2.24) is 0 Å². The van der Waals surface area contributed by atoms with Gasteiger partial charge in [0.2, 0.25) is 0 Å². The van der Waals surface area contributed by atoms with Gasteiger partial charge in [-0.25, -0.2) is 0 Å². The fourth-order valence-corrected chi connectivity index (χ4v) is 2.09. The molecule has 0 N–H and O–H groups in total. The molecule has 0 aliphatic carbocycles. The average Bonchev–Trinajstić information content (AvgIpc) is 2.45. The average molecular weight is 357 g/mol. The largest absolute Gasteiger partial charge is 0.466 e. The smallest absolute Gasteiger partial charge is 0.306 e. The lowest BCUT2D eigenvalue weighted by atomic mass is 10.2. The van der Waals surface area contributed by atoms with Gasteiger partial charge in [0.25, 0.3) is 0 Å². The first-order valence-corrected chi connectivity index (χ1v) is 7.96. The molecular formula is C16H21BrO4. The van der Waals surface area contributed by atoms with Crippen LogP contribution in [0.4, 0.5) is 0 Å². The van der Waals surface area contributed by atoms with E-state index in [0.717, 1.165) is 22.9 Å². The summed E-state index contributed by atoms with van der Waals surface area (Å²) in [6, 6.07) is 7.59. The SMILES string of the molecule is CCCCOC(=O)CCCC(=O)OCc1cccc(Br)c1. The van der Waals surface area contributed by atoms with E-state index >= 15 is 0 Å². The Bertz CT molecular complexity index is 459. The normalized spacial score (nSPS) is 10.2. The molecule has 0 bridgehead atoms. The number of rotatable bonds is 9. The van der Waals surface area contributed by atoms with E-state index in [1.54, 1.807) is 0 Å². The summed E-state index contributed by atoms with van der Waals surface area (Å²) in [7, 11) is 0. The maximum atomic E-state index is 11.6. The van der Waals surface area contributed by atoms with Crippen LogP contribution < -0.4 is 0 Å². The van der Waals surface area contributed by atoms with Crippen LogP contribution >= 0.6 is 15.9 Å². The Morgan fingerprint density at radius 2 is 1.81 bits per heavy atom. The predicted octanol–water partition coefficient (Wildman–Crippen LogP) is 4.01. The van der Waals surface area contributed by atoms with Gasteiger partial charge in [0.15, 0.2) is 0 Å². The zero-order valence-electron chi connectivity index (χ0n) is 12.3. The maximum Gasteiger partial charge on any atom is 0.306 e. The van der Waals surface area contributed by atoms with Crippen molar-refractivity contribution >= 4 is 27.9 Å². The van der Waals surface area contributed by atoms with Crippen molar-refractivity contribution in [2.75, 3.05) is 6.61 Å². The fourth-order valence-electron chi connectivity index (χ4n) is 1.64. The molecule has 0 aliphatic heterocycles. The fraction of sp³-hybridized carbons (Fsp3) is 0.500. The van der Waals surface area contributed by atoms with E-state index in [1.165, 1.54) is 0 Å². The molecule has 0 amide bonds. The second-order valence-corrected chi connectivity index (χ2v) is 5.63.